The van der Waals surface area contributed by atoms with Gasteiger partial charge in [0.2, 0.25) is 0 Å². The number of hydrogen-bond donors (Lipinski definition) is 0. The molecule has 0 saturated carbocycles. The van der Waals surface area contributed by atoms with Gasteiger partial charge in [-0.2, -0.15) is 0 Å². The van der Waals surface area contributed by atoms with Crippen molar-refractivity contribution in [2.45, 2.75) is 5.41 Å². The fraction of sp³-hybridized carbons (Fsp3) is 0.0172. The Morgan fingerprint density at radius 3 is 1.46 bits per heavy atom. The summed E-state index contributed by atoms with van der Waals surface area (Å²) < 4.78 is 5.11. The molecule has 2 aliphatic rings. The summed E-state index contributed by atoms with van der Waals surface area (Å²) in [6, 6.07) is 72.9. The molecule has 0 atom stereocenters. The van der Waals surface area contributed by atoms with Crippen LogP contribution in [0.15, 0.2) is 200 Å². The fourth-order valence-electron chi connectivity index (χ4n) is 11.8. The number of benzene rings is 9. The minimum atomic E-state index is -0.705. The normalized spacial score (nSPS) is 13.5. The lowest BCUT2D eigenvalue weighted by Gasteiger charge is -2.32. The molecular formula is C58H33N5. The first-order chi connectivity index (χ1) is 31.3. The summed E-state index contributed by atoms with van der Waals surface area (Å²) in [5.41, 5.74) is 16.8. The number of rotatable bonds is 3. The highest BCUT2D eigenvalue weighted by atomic mass is 15.0. The molecular weight excluding hydrogens is 767 g/mol. The van der Waals surface area contributed by atoms with Gasteiger partial charge in [-0.3, -0.25) is 0 Å². The Bertz CT molecular complexity index is 4040. The fourth-order valence-corrected chi connectivity index (χ4v) is 11.8. The predicted octanol–water partition coefficient (Wildman–Crippen LogP) is 13.8. The minimum Gasteiger partial charge on any atom is -0.307 e. The molecule has 0 saturated heterocycles. The van der Waals surface area contributed by atoms with Gasteiger partial charge in [0.1, 0.15) is 0 Å². The Kier molecular flexibility index (Phi) is 6.30. The maximum Gasteiger partial charge on any atom is 0.164 e. The standard InChI is InChI=1S/C58H33N5/c1-3-17-34(18-4-1)55-59-56(35-19-5-2-6-20-35)61-57(60-55)42-33-41-39-24-10-14-30-47(39)63-49-32-15-25-40-38-23-9-13-29-46(38)62(53(40)49)48-31-16-28-45-50(48)51(54(41)63)52(42)58(45)43-26-11-7-21-36(43)37-22-8-12-27-44(37)58/h1-33H. The van der Waals surface area contributed by atoms with Crippen LogP contribution in [-0.2, 0) is 5.41 Å². The van der Waals surface area contributed by atoms with E-state index in [1.54, 1.807) is 0 Å². The molecule has 0 fully saturated rings. The monoisotopic (exact) mass is 799 g/mol. The Labute approximate surface area is 360 Å². The van der Waals surface area contributed by atoms with Crippen LogP contribution in [0.3, 0.4) is 0 Å². The van der Waals surface area contributed by atoms with E-state index < -0.39 is 5.41 Å². The molecule has 2 aliphatic carbocycles. The summed E-state index contributed by atoms with van der Waals surface area (Å²) in [5.74, 6) is 1.94. The largest absolute Gasteiger partial charge is 0.307 e. The maximum absolute atomic E-state index is 5.52. The molecule has 1 spiro atoms. The summed E-state index contributed by atoms with van der Waals surface area (Å²) >= 11 is 0. The first-order valence-electron chi connectivity index (χ1n) is 21.6. The molecule has 15 rings (SSSR count). The Morgan fingerprint density at radius 1 is 0.317 bits per heavy atom. The summed E-state index contributed by atoms with van der Waals surface area (Å²) in [6.07, 6.45) is 0. The van der Waals surface area contributed by atoms with Crippen molar-refractivity contribution in [2.24, 2.45) is 0 Å². The molecule has 0 N–H and O–H groups in total. The van der Waals surface area contributed by atoms with E-state index >= 15 is 0 Å². The van der Waals surface area contributed by atoms with Crippen molar-refractivity contribution in [3.8, 4) is 45.3 Å². The van der Waals surface area contributed by atoms with Crippen LogP contribution in [0.2, 0.25) is 0 Å². The number of hydrogen-bond acceptors (Lipinski definition) is 3. The minimum absolute atomic E-state index is 0.643. The Morgan fingerprint density at radius 2 is 0.794 bits per heavy atom. The highest BCUT2D eigenvalue weighted by Crippen LogP contribution is 2.64. The zero-order valence-electron chi connectivity index (χ0n) is 33.8. The SMILES string of the molecule is c1ccc(-c2nc(-c3ccccc3)nc(-c3cc4c5ccccc5n5c6cccc7c8ccccc8n(c8cccc9c8c(c3C93c8ccccc8-c8ccccc83)c45)c76)n2)cc1. The van der Waals surface area contributed by atoms with E-state index in [-0.39, 0.29) is 0 Å². The molecule has 0 amide bonds. The van der Waals surface area contributed by atoms with E-state index in [2.05, 4.69) is 197 Å². The summed E-state index contributed by atoms with van der Waals surface area (Å²) in [6.45, 7) is 0. The zero-order valence-corrected chi connectivity index (χ0v) is 33.8. The number of nitrogens with zero attached hydrogens (tertiary/aromatic N) is 5. The number of para-hydroxylation sites is 3. The van der Waals surface area contributed by atoms with Gasteiger partial charge < -0.3 is 8.80 Å². The molecule has 5 heteroatoms. The first kappa shape index (κ1) is 33.3. The third-order valence-electron chi connectivity index (χ3n) is 14.1. The second-order valence-corrected chi connectivity index (χ2v) is 17.0. The van der Waals surface area contributed by atoms with E-state index in [9.17, 15) is 0 Å². The average molecular weight is 800 g/mol. The van der Waals surface area contributed by atoms with Crippen LogP contribution in [0.4, 0.5) is 0 Å². The van der Waals surface area contributed by atoms with Gasteiger partial charge in [0.05, 0.1) is 38.5 Å². The molecule has 9 aromatic carbocycles. The lowest BCUT2D eigenvalue weighted by atomic mass is 9.68. The van der Waals surface area contributed by atoms with E-state index in [4.69, 9.17) is 15.0 Å². The molecule has 4 aromatic heterocycles. The van der Waals surface area contributed by atoms with E-state index in [0.29, 0.717) is 17.5 Å². The molecule has 0 aliphatic heterocycles. The van der Waals surface area contributed by atoms with Gasteiger partial charge >= 0.3 is 0 Å². The second kappa shape index (κ2) is 11.9. The van der Waals surface area contributed by atoms with E-state index in [1.807, 2.05) is 12.1 Å². The van der Waals surface area contributed by atoms with Crippen LogP contribution in [0.25, 0.3) is 111 Å². The number of aromatic nitrogens is 5. The van der Waals surface area contributed by atoms with Crippen molar-refractivity contribution in [3.63, 3.8) is 0 Å². The zero-order chi connectivity index (χ0) is 41.0. The third-order valence-corrected chi connectivity index (χ3v) is 14.1. The van der Waals surface area contributed by atoms with Gasteiger partial charge in [0.25, 0.3) is 0 Å². The van der Waals surface area contributed by atoms with Crippen LogP contribution in [0.1, 0.15) is 22.3 Å². The van der Waals surface area contributed by atoms with Gasteiger partial charge in [0.15, 0.2) is 17.5 Å². The Hall–Kier alpha value is -8.41. The van der Waals surface area contributed by atoms with E-state index in [0.717, 1.165) is 27.7 Å². The highest BCUT2D eigenvalue weighted by molar-refractivity contribution is 6.28. The van der Waals surface area contributed by atoms with Gasteiger partial charge in [-0.25, -0.2) is 15.0 Å². The molecule has 0 bridgehead atoms. The molecule has 4 heterocycles. The Balaban J connectivity index is 1.26. The van der Waals surface area contributed by atoms with Crippen LogP contribution in [-0.4, -0.2) is 23.8 Å². The number of fused-ring (bicyclic) bond motifs is 15. The quantitative estimate of drug-likeness (QED) is 0.179. The predicted molar refractivity (Wildman–Crippen MR) is 256 cm³/mol. The van der Waals surface area contributed by atoms with Crippen LogP contribution < -0.4 is 0 Å². The summed E-state index contributed by atoms with van der Waals surface area (Å²) in [7, 11) is 0. The third kappa shape index (κ3) is 4.05. The average Bonchev–Trinajstić information content (AvgIpc) is 4.06. The van der Waals surface area contributed by atoms with Crippen LogP contribution >= 0.6 is 0 Å². The molecule has 290 valence electrons. The molecule has 13 aromatic rings. The smallest absolute Gasteiger partial charge is 0.164 e. The van der Waals surface area contributed by atoms with Crippen LogP contribution in [0, 0.1) is 0 Å². The molecule has 0 radical (unpaired) electrons. The van der Waals surface area contributed by atoms with Gasteiger partial charge in [-0.05, 0) is 63.7 Å². The van der Waals surface area contributed by atoms with Crippen molar-refractivity contribution in [3.05, 3.63) is 222 Å². The van der Waals surface area contributed by atoms with Crippen molar-refractivity contribution in [1.82, 2.24) is 23.8 Å². The van der Waals surface area contributed by atoms with Gasteiger partial charge in [-0.1, -0.05) is 170 Å². The second-order valence-electron chi connectivity index (χ2n) is 17.0. The van der Waals surface area contributed by atoms with Crippen molar-refractivity contribution in [1.29, 1.82) is 0 Å². The summed E-state index contributed by atoms with van der Waals surface area (Å²) in [4.78, 5) is 16.2. The van der Waals surface area contributed by atoms with Gasteiger partial charge in [0, 0.05) is 49.0 Å². The first-order valence-corrected chi connectivity index (χ1v) is 21.6. The maximum atomic E-state index is 5.52. The van der Waals surface area contributed by atoms with Crippen LogP contribution in [0.5, 0.6) is 0 Å². The van der Waals surface area contributed by atoms with Gasteiger partial charge in [-0.15, -0.1) is 0 Å². The molecule has 63 heavy (non-hydrogen) atoms. The molecule has 0 unspecified atom stereocenters. The van der Waals surface area contributed by atoms with Crippen molar-refractivity contribution < 1.29 is 0 Å². The molecule has 5 nitrogen and oxygen atoms in total. The lowest BCUT2D eigenvalue weighted by molar-refractivity contribution is 0.797. The summed E-state index contributed by atoms with van der Waals surface area (Å²) in [5, 5.41) is 7.30. The lowest BCUT2D eigenvalue weighted by Crippen LogP contribution is -2.27. The van der Waals surface area contributed by atoms with Crippen molar-refractivity contribution in [2.75, 3.05) is 0 Å². The van der Waals surface area contributed by atoms with E-state index in [1.165, 1.54) is 87.8 Å². The highest BCUT2D eigenvalue weighted by Gasteiger charge is 2.53. The topological polar surface area (TPSA) is 47.5 Å². The van der Waals surface area contributed by atoms with Crippen molar-refractivity contribution >= 4 is 65.4 Å².